The SMILES string of the molecule is CCOc1cc(-c2cccc([C@@H]3C[C@@H]3C(=O)O)c2)ccc1-c1nc2[nH]cnc2c(=O)[nH]1. The number of imidazole rings is 1. The van der Waals surface area contributed by atoms with Crippen LogP contribution in [0.4, 0.5) is 0 Å². The van der Waals surface area contributed by atoms with Gasteiger partial charge in [0, 0.05) is 0 Å². The highest BCUT2D eigenvalue weighted by atomic mass is 16.5. The van der Waals surface area contributed by atoms with Crippen molar-refractivity contribution in [1.29, 1.82) is 0 Å². The molecule has 0 amide bonds. The highest BCUT2D eigenvalue weighted by molar-refractivity contribution is 5.78. The van der Waals surface area contributed by atoms with Crippen LogP contribution in [0.3, 0.4) is 0 Å². The minimum atomic E-state index is -0.742. The number of carbonyl (C=O) groups is 1. The molecule has 4 aromatic rings. The molecule has 8 heteroatoms. The molecule has 1 aliphatic carbocycles. The number of aliphatic carboxylic acids is 1. The van der Waals surface area contributed by atoms with Crippen molar-refractivity contribution >= 4 is 17.1 Å². The van der Waals surface area contributed by atoms with Gasteiger partial charge in [-0.25, -0.2) is 9.97 Å². The molecule has 1 saturated carbocycles. The number of carboxylic acids is 1. The van der Waals surface area contributed by atoms with Crippen molar-refractivity contribution in [3.8, 4) is 28.3 Å². The molecule has 1 fully saturated rings. The first-order valence-electron chi connectivity index (χ1n) is 10.1. The molecule has 0 spiro atoms. The Labute approximate surface area is 177 Å². The Morgan fingerprint density at radius 1 is 1.23 bits per heavy atom. The molecule has 2 heterocycles. The van der Waals surface area contributed by atoms with Crippen LogP contribution in [0.25, 0.3) is 33.7 Å². The summed E-state index contributed by atoms with van der Waals surface area (Å²) in [5, 5.41) is 9.22. The fourth-order valence-corrected chi connectivity index (χ4v) is 3.93. The number of H-pyrrole nitrogens is 2. The lowest BCUT2D eigenvalue weighted by Gasteiger charge is -2.13. The molecule has 156 valence electrons. The van der Waals surface area contributed by atoms with E-state index in [-0.39, 0.29) is 22.9 Å². The summed E-state index contributed by atoms with van der Waals surface area (Å²) in [4.78, 5) is 37.6. The predicted octanol–water partition coefficient (Wildman–Crippen LogP) is 3.57. The largest absolute Gasteiger partial charge is 0.493 e. The zero-order chi connectivity index (χ0) is 21.5. The number of aromatic nitrogens is 4. The zero-order valence-corrected chi connectivity index (χ0v) is 16.8. The van der Waals surface area contributed by atoms with E-state index >= 15 is 0 Å². The van der Waals surface area contributed by atoms with Gasteiger partial charge < -0.3 is 19.8 Å². The number of benzene rings is 2. The molecule has 5 rings (SSSR count). The van der Waals surface area contributed by atoms with Crippen LogP contribution < -0.4 is 10.3 Å². The van der Waals surface area contributed by atoms with Gasteiger partial charge in [0.2, 0.25) is 0 Å². The Bertz CT molecular complexity index is 1360. The number of aromatic amines is 2. The van der Waals surface area contributed by atoms with E-state index in [2.05, 4.69) is 19.9 Å². The van der Waals surface area contributed by atoms with E-state index < -0.39 is 5.97 Å². The van der Waals surface area contributed by atoms with Crippen LogP contribution in [0.1, 0.15) is 24.8 Å². The van der Waals surface area contributed by atoms with Gasteiger partial charge in [-0.1, -0.05) is 30.3 Å². The summed E-state index contributed by atoms with van der Waals surface area (Å²) >= 11 is 0. The number of nitrogens with one attached hydrogen (secondary N) is 2. The maximum Gasteiger partial charge on any atom is 0.307 e. The van der Waals surface area contributed by atoms with Crippen molar-refractivity contribution in [2.24, 2.45) is 5.92 Å². The van der Waals surface area contributed by atoms with Gasteiger partial charge >= 0.3 is 5.97 Å². The molecule has 2 atom stereocenters. The van der Waals surface area contributed by atoms with Crippen LogP contribution in [-0.2, 0) is 4.79 Å². The van der Waals surface area contributed by atoms with Crippen molar-refractivity contribution in [2.75, 3.05) is 6.61 Å². The van der Waals surface area contributed by atoms with Crippen molar-refractivity contribution in [3.05, 3.63) is 64.7 Å². The Morgan fingerprint density at radius 3 is 2.84 bits per heavy atom. The summed E-state index contributed by atoms with van der Waals surface area (Å²) in [6.07, 6.45) is 2.11. The summed E-state index contributed by atoms with van der Waals surface area (Å²) in [7, 11) is 0. The van der Waals surface area contributed by atoms with Gasteiger partial charge in [0.1, 0.15) is 11.6 Å². The van der Waals surface area contributed by atoms with Gasteiger partial charge in [-0.2, -0.15) is 0 Å². The molecular formula is C23H20N4O4. The average Bonchev–Trinajstić information content (AvgIpc) is 3.44. The van der Waals surface area contributed by atoms with Gasteiger partial charge in [-0.15, -0.1) is 0 Å². The Morgan fingerprint density at radius 2 is 2.06 bits per heavy atom. The van der Waals surface area contributed by atoms with E-state index in [1.165, 1.54) is 6.33 Å². The minimum absolute atomic E-state index is 0.0680. The van der Waals surface area contributed by atoms with Gasteiger partial charge in [0.05, 0.1) is 24.4 Å². The Hall–Kier alpha value is -3.94. The van der Waals surface area contributed by atoms with E-state index in [1.807, 2.05) is 49.4 Å². The number of fused-ring (bicyclic) bond motifs is 1. The predicted molar refractivity (Wildman–Crippen MR) is 115 cm³/mol. The third-order valence-corrected chi connectivity index (χ3v) is 5.58. The fraction of sp³-hybridized carbons (Fsp3) is 0.217. The van der Waals surface area contributed by atoms with Crippen molar-refractivity contribution in [3.63, 3.8) is 0 Å². The summed E-state index contributed by atoms with van der Waals surface area (Å²) in [5.41, 5.74) is 3.97. The van der Waals surface area contributed by atoms with Crippen molar-refractivity contribution < 1.29 is 14.6 Å². The number of ether oxygens (including phenoxy) is 1. The Balaban J connectivity index is 1.54. The second-order valence-electron chi connectivity index (χ2n) is 7.57. The maximum atomic E-state index is 12.3. The lowest BCUT2D eigenvalue weighted by Crippen LogP contribution is -2.10. The fourth-order valence-electron chi connectivity index (χ4n) is 3.93. The van der Waals surface area contributed by atoms with Crippen LogP contribution in [0.15, 0.2) is 53.6 Å². The molecule has 31 heavy (non-hydrogen) atoms. The first-order chi connectivity index (χ1) is 15.0. The van der Waals surface area contributed by atoms with Crippen molar-refractivity contribution in [1.82, 2.24) is 19.9 Å². The smallest absolute Gasteiger partial charge is 0.307 e. The summed E-state index contributed by atoms with van der Waals surface area (Å²) < 4.78 is 5.86. The summed E-state index contributed by atoms with van der Waals surface area (Å²) in [6, 6.07) is 13.7. The van der Waals surface area contributed by atoms with E-state index in [4.69, 9.17) is 4.74 Å². The molecule has 0 aliphatic heterocycles. The molecule has 0 bridgehead atoms. The number of hydrogen-bond acceptors (Lipinski definition) is 5. The molecule has 0 unspecified atom stereocenters. The quantitative estimate of drug-likeness (QED) is 0.442. The first kappa shape index (κ1) is 19.0. The topological polar surface area (TPSA) is 121 Å². The number of nitrogens with zero attached hydrogens (tertiary/aromatic N) is 2. The normalized spacial score (nSPS) is 17.6. The average molecular weight is 416 g/mol. The standard InChI is InChI=1S/C23H20N4O4/c1-2-31-18-9-13(12-4-3-5-14(8-12)16-10-17(16)23(29)30)6-7-15(18)20-26-21-19(22(28)27-20)24-11-25-21/h3-9,11,16-17H,2,10H2,1H3,(H,29,30)(H2,24,25,26,27,28)/t16-,17-/m0/s1. The first-order valence-corrected chi connectivity index (χ1v) is 10.1. The van der Waals surface area contributed by atoms with Gasteiger partial charge in [0.25, 0.3) is 5.56 Å². The van der Waals surface area contributed by atoms with Crippen LogP contribution >= 0.6 is 0 Å². The lowest BCUT2D eigenvalue weighted by molar-refractivity contribution is -0.138. The lowest BCUT2D eigenvalue weighted by atomic mass is 9.99. The van der Waals surface area contributed by atoms with Crippen molar-refractivity contribution in [2.45, 2.75) is 19.3 Å². The highest BCUT2D eigenvalue weighted by Crippen LogP contribution is 2.48. The number of hydrogen-bond donors (Lipinski definition) is 3. The molecule has 2 aromatic heterocycles. The van der Waals surface area contributed by atoms with E-state index in [0.717, 1.165) is 16.7 Å². The minimum Gasteiger partial charge on any atom is -0.493 e. The third kappa shape index (κ3) is 3.46. The van der Waals surface area contributed by atoms with Gasteiger partial charge in [-0.3, -0.25) is 9.59 Å². The second kappa shape index (κ2) is 7.39. The van der Waals surface area contributed by atoms with Crippen LogP contribution in [0, 0.1) is 5.92 Å². The molecule has 2 aromatic carbocycles. The molecule has 3 N–H and O–H groups in total. The van der Waals surface area contributed by atoms with E-state index in [0.29, 0.717) is 35.8 Å². The summed E-state index contributed by atoms with van der Waals surface area (Å²) in [5.74, 6) is 0.0274. The highest BCUT2D eigenvalue weighted by Gasteiger charge is 2.44. The third-order valence-electron chi connectivity index (χ3n) is 5.58. The monoisotopic (exact) mass is 416 g/mol. The maximum absolute atomic E-state index is 12.3. The second-order valence-corrected chi connectivity index (χ2v) is 7.57. The Kier molecular flexibility index (Phi) is 4.54. The molecule has 0 saturated heterocycles. The summed E-state index contributed by atoms with van der Waals surface area (Å²) in [6.45, 7) is 2.35. The van der Waals surface area contributed by atoms with Crippen LogP contribution in [0.5, 0.6) is 5.75 Å². The number of carboxylic acid groups (broad SMARTS) is 1. The molecule has 1 aliphatic rings. The molecule has 8 nitrogen and oxygen atoms in total. The number of rotatable bonds is 6. The molecular weight excluding hydrogens is 396 g/mol. The van der Waals surface area contributed by atoms with Crippen LogP contribution in [-0.4, -0.2) is 37.6 Å². The van der Waals surface area contributed by atoms with Gasteiger partial charge in [0.15, 0.2) is 11.2 Å². The van der Waals surface area contributed by atoms with Gasteiger partial charge in [-0.05, 0) is 48.1 Å². The zero-order valence-electron chi connectivity index (χ0n) is 16.8. The van der Waals surface area contributed by atoms with Crippen LogP contribution in [0.2, 0.25) is 0 Å². The van der Waals surface area contributed by atoms with E-state index in [9.17, 15) is 14.7 Å². The molecule has 0 radical (unpaired) electrons. The van der Waals surface area contributed by atoms with E-state index in [1.54, 1.807) is 0 Å².